The van der Waals surface area contributed by atoms with E-state index in [1.807, 2.05) is 36.4 Å². The molecule has 0 atom stereocenters. The van der Waals surface area contributed by atoms with Gasteiger partial charge in [-0.2, -0.15) is 0 Å². The molecule has 0 saturated carbocycles. The quantitative estimate of drug-likeness (QED) is 0.505. The smallest absolute Gasteiger partial charge is 0.228 e. The molecule has 31 heavy (non-hydrogen) atoms. The second-order valence-electron chi connectivity index (χ2n) is 8.08. The number of anilines is 2. The maximum Gasteiger partial charge on any atom is 0.228 e. The lowest BCUT2D eigenvalue weighted by Crippen LogP contribution is -2.46. The van der Waals surface area contributed by atoms with Crippen LogP contribution in [0.15, 0.2) is 71.3 Å². The molecule has 0 bridgehead atoms. The molecule has 1 saturated heterocycles. The largest absolute Gasteiger partial charge is 0.464 e. The van der Waals surface area contributed by atoms with Crippen LogP contribution in [0.3, 0.4) is 0 Å². The summed E-state index contributed by atoms with van der Waals surface area (Å²) >= 11 is 0. The maximum absolute atomic E-state index is 13.0. The Labute approximate surface area is 182 Å². The molecule has 1 amide bonds. The lowest BCUT2D eigenvalue weighted by Gasteiger charge is -2.36. The number of carbonyl (C=O) groups excluding carboxylic acids is 1. The second kappa shape index (κ2) is 8.44. The average molecular weight is 414 g/mol. The van der Waals surface area contributed by atoms with Crippen molar-refractivity contribution < 1.29 is 9.21 Å². The van der Waals surface area contributed by atoms with Gasteiger partial charge in [0.15, 0.2) is 0 Å². The van der Waals surface area contributed by atoms with Crippen LogP contribution in [0.4, 0.5) is 11.4 Å². The normalized spacial score (nSPS) is 14.9. The van der Waals surface area contributed by atoms with Gasteiger partial charge >= 0.3 is 0 Å². The van der Waals surface area contributed by atoms with E-state index in [1.54, 1.807) is 6.26 Å². The number of nitrogens with zero attached hydrogens (tertiary/aromatic N) is 2. The van der Waals surface area contributed by atoms with Gasteiger partial charge in [0.1, 0.15) is 5.58 Å². The predicted octanol–water partition coefficient (Wildman–Crippen LogP) is 4.91. The van der Waals surface area contributed by atoms with E-state index in [0.29, 0.717) is 0 Å². The van der Waals surface area contributed by atoms with Gasteiger partial charge in [0.25, 0.3) is 0 Å². The monoisotopic (exact) mass is 413 g/mol. The average Bonchev–Trinajstić information content (AvgIpc) is 3.22. The third-order valence-corrected chi connectivity index (χ3v) is 6.23. The zero-order valence-corrected chi connectivity index (χ0v) is 17.8. The number of hydrogen-bond donors (Lipinski definition) is 1. The van der Waals surface area contributed by atoms with Gasteiger partial charge in [0.2, 0.25) is 5.91 Å². The lowest BCUT2D eigenvalue weighted by molar-refractivity contribution is -0.115. The Hall–Kier alpha value is -3.31. The molecule has 1 aliphatic heterocycles. The Balaban J connectivity index is 1.37. The Morgan fingerprint density at radius 3 is 2.58 bits per heavy atom. The highest BCUT2D eigenvalue weighted by molar-refractivity contribution is 6.09. The van der Waals surface area contributed by atoms with Crippen LogP contribution in [0, 0.1) is 0 Å². The fraction of sp³-hybridized carbons (Fsp3) is 0.269. The van der Waals surface area contributed by atoms with Gasteiger partial charge in [0.05, 0.1) is 24.1 Å². The van der Waals surface area contributed by atoms with Crippen molar-refractivity contribution in [1.29, 1.82) is 0 Å². The zero-order chi connectivity index (χ0) is 21.2. The molecular weight excluding hydrogens is 386 g/mol. The summed E-state index contributed by atoms with van der Waals surface area (Å²) in [6, 6.07) is 20.3. The van der Waals surface area contributed by atoms with E-state index in [2.05, 4.69) is 46.3 Å². The van der Waals surface area contributed by atoms with E-state index in [9.17, 15) is 4.79 Å². The van der Waals surface area contributed by atoms with Gasteiger partial charge in [-0.1, -0.05) is 49.4 Å². The summed E-state index contributed by atoms with van der Waals surface area (Å²) in [5.74, 6) is -0.0321. The fourth-order valence-electron chi connectivity index (χ4n) is 4.53. The number of furan rings is 1. The first-order valence-corrected chi connectivity index (χ1v) is 11.0. The summed E-state index contributed by atoms with van der Waals surface area (Å²) in [5.41, 5.74) is 3.69. The molecule has 1 N–H and O–H groups in total. The first-order chi connectivity index (χ1) is 15.2. The van der Waals surface area contributed by atoms with Gasteiger partial charge in [-0.25, -0.2) is 0 Å². The topological polar surface area (TPSA) is 48.7 Å². The summed E-state index contributed by atoms with van der Waals surface area (Å²) in [7, 11) is 0. The van der Waals surface area contributed by atoms with Crippen molar-refractivity contribution in [2.75, 3.05) is 42.9 Å². The van der Waals surface area contributed by atoms with Crippen molar-refractivity contribution in [2.24, 2.45) is 0 Å². The van der Waals surface area contributed by atoms with Crippen LogP contribution < -0.4 is 10.2 Å². The number of para-hydroxylation sites is 2. The summed E-state index contributed by atoms with van der Waals surface area (Å²) in [4.78, 5) is 17.8. The Morgan fingerprint density at radius 1 is 0.968 bits per heavy atom. The molecule has 1 aromatic heterocycles. The first kappa shape index (κ1) is 19.6. The van der Waals surface area contributed by atoms with Gasteiger partial charge in [0, 0.05) is 37.1 Å². The van der Waals surface area contributed by atoms with E-state index in [1.165, 1.54) is 0 Å². The molecule has 0 aliphatic carbocycles. The molecule has 3 aromatic carbocycles. The van der Waals surface area contributed by atoms with Crippen molar-refractivity contribution in [1.82, 2.24) is 4.90 Å². The first-order valence-electron chi connectivity index (χ1n) is 11.0. The highest BCUT2D eigenvalue weighted by Crippen LogP contribution is 2.31. The van der Waals surface area contributed by atoms with Gasteiger partial charge < -0.3 is 19.5 Å². The number of likely N-dealkylation sites (N-methyl/N-ethyl adjacent to an activating group) is 1. The Morgan fingerprint density at radius 2 is 1.74 bits per heavy atom. The summed E-state index contributed by atoms with van der Waals surface area (Å²) in [5, 5.41) is 6.44. The number of rotatable bonds is 5. The summed E-state index contributed by atoms with van der Waals surface area (Å²) in [6.45, 7) is 7.32. The Bertz CT molecular complexity index is 1220. The second-order valence-corrected chi connectivity index (χ2v) is 8.08. The molecule has 0 spiro atoms. The highest BCUT2D eigenvalue weighted by Gasteiger charge is 2.19. The minimum atomic E-state index is -0.0321. The van der Waals surface area contributed by atoms with Crippen LogP contribution >= 0.6 is 0 Å². The third kappa shape index (κ3) is 3.89. The lowest BCUT2D eigenvalue weighted by atomic mass is 10.0. The number of nitrogens with one attached hydrogen (secondary N) is 1. The van der Waals surface area contributed by atoms with E-state index >= 15 is 0 Å². The van der Waals surface area contributed by atoms with Gasteiger partial charge in [-0.05, 0) is 35.5 Å². The number of hydrogen-bond acceptors (Lipinski definition) is 4. The summed E-state index contributed by atoms with van der Waals surface area (Å²) < 4.78 is 5.75. The molecule has 1 fully saturated rings. The van der Waals surface area contributed by atoms with Gasteiger partial charge in [-0.15, -0.1) is 0 Å². The molecule has 5 nitrogen and oxygen atoms in total. The van der Waals surface area contributed by atoms with Crippen LogP contribution in [-0.4, -0.2) is 43.5 Å². The molecule has 2 heterocycles. The van der Waals surface area contributed by atoms with E-state index in [-0.39, 0.29) is 12.3 Å². The molecule has 158 valence electrons. The number of carbonyl (C=O) groups is 1. The van der Waals surface area contributed by atoms with Crippen LogP contribution in [0.5, 0.6) is 0 Å². The zero-order valence-electron chi connectivity index (χ0n) is 17.8. The van der Waals surface area contributed by atoms with E-state index in [0.717, 1.165) is 71.4 Å². The van der Waals surface area contributed by atoms with Crippen molar-refractivity contribution >= 4 is 39.0 Å². The molecular formula is C26H27N3O2. The number of piperazine rings is 1. The molecule has 5 heteroatoms. The van der Waals surface area contributed by atoms with Crippen molar-refractivity contribution in [3.05, 3.63) is 72.5 Å². The van der Waals surface area contributed by atoms with Crippen LogP contribution in [-0.2, 0) is 11.2 Å². The molecule has 0 radical (unpaired) electrons. The number of benzene rings is 3. The predicted molar refractivity (Wildman–Crippen MR) is 127 cm³/mol. The highest BCUT2D eigenvalue weighted by atomic mass is 16.3. The molecule has 1 aliphatic rings. The van der Waals surface area contributed by atoms with E-state index in [4.69, 9.17) is 4.42 Å². The molecule has 5 rings (SSSR count). The standard InChI is InChI=1S/C26H27N3O2/c1-2-28-13-15-29(16-14-28)23-10-6-5-9-22(23)27-25(30)17-20-18-31-24-12-11-19-7-3-4-8-21(19)26(20)24/h3-12,18H,2,13-17H2,1H3,(H,27,30). The molecule has 4 aromatic rings. The Kier molecular flexibility index (Phi) is 5.35. The fourth-order valence-corrected chi connectivity index (χ4v) is 4.53. The van der Waals surface area contributed by atoms with Crippen molar-refractivity contribution in [3.8, 4) is 0 Å². The van der Waals surface area contributed by atoms with Crippen molar-refractivity contribution in [2.45, 2.75) is 13.3 Å². The van der Waals surface area contributed by atoms with Gasteiger partial charge in [-0.3, -0.25) is 4.79 Å². The third-order valence-electron chi connectivity index (χ3n) is 6.23. The van der Waals surface area contributed by atoms with Crippen LogP contribution in [0.2, 0.25) is 0 Å². The summed E-state index contributed by atoms with van der Waals surface area (Å²) in [6.07, 6.45) is 1.99. The van der Waals surface area contributed by atoms with Crippen LogP contribution in [0.25, 0.3) is 21.7 Å². The minimum Gasteiger partial charge on any atom is -0.464 e. The maximum atomic E-state index is 13.0. The minimum absolute atomic E-state index is 0.0321. The van der Waals surface area contributed by atoms with Crippen molar-refractivity contribution in [3.63, 3.8) is 0 Å². The molecule has 0 unspecified atom stereocenters. The van der Waals surface area contributed by atoms with Crippen LogP contribution in [0.1, 0.15) is 12.5 Å². The van der Waals surface area contributed by atoms with E-state index < -0.39 is 0 Å². The SMILES string of the molecule is CCN1CCN(c2ccccc2NC(=O)Cc2coc3ccc4ccccc4c23)CC1. The number of amides is 1. The number of fused-ring (bicyclic) bond motifs is 3.